The molecule has 0 aliphatic rings. The second kappa shape index (κ2) is 8.00. The summed E-state index contributed by atoms with van der Waals surface area (Å²) in [7, 11) is 0. The maximum Gasteiger partial charge on any atom is 0.339 e. The Morgan fingerprint density at radius 2 is 2.04 bits per heavy atom. The van der Waals surface area contributed by atoms with Crippen LogP contribution in [0.1, 0.15) is 48.7 Å². The van der Waals surface area contributed by atoms with Gasteiger partial charge >= 0.3 is 5.97 Å². The standard InChI is InChI=1S/C21H22N4O2/c1-14(2)25-20-18(13-23-25)17(21(26)27-11-5-4-10-22)12-19(24-20)16-8-6-15(3)7-9-16/h6-9,12-14H,4-5,11H2,1-3H3. The predicted octanol–water partition coefficient (Wildman–Crippen LogP) is 4.45. The Kier molecular flexibility index (Phi) is 5.51. The number of ether oxygens (including phenoxy) is 1. The van der Waals surface area contributed by atoms with Crippen LogP contribution in [0.5, 0.6) is 0 Å². The van der Waals surface area contributed by atoms with Crippen molar-refractivity contribution in [1.29, 1.82) is 5.26 Å². The van der Waals surface area contributed by atoms with Crippen LogP contribution in [0, 0.1) is 18.3 Å². The van der Waals surface area contributed by atoms with Crippen molar-refractivity contribution in [2.75, 3.05) is 6.61 Å². The summed E-state index contributed by atoms with van der Waals surface area (Å²) in [5.74, 6) is -0.419. The quantitative estimate of drug-likeness (QED) is 0.478. The van der Waals surface area contributed by atoms with Crippen molar-refractivity contribution in [1.82, 2.24) is 14.8 Å². The number of fused-ring (bicyclic) bond motifs is 1. The Balaban J connectivity index is 2.06. The molecule has 1 aromatic carbocycles. The smallest absolute Gasteiger partial charge is 0.339 e. The molecule has 3 aromatic rings. The molecule has 0 saturated carbocycles. The van der Waals surface area contributed by atoms with E-state index in [1.165, 1.54) is 0 Å². The monoisotopic (exact) mass is 362 g/mol. The van der Waals surface area contributed by atoms with Crippen LogP contribution in [0.25, 0.3) is 22.3 Å². The number of rotatable bonds is 6. The third-order valence-electron chi connectivity index (χ3n) is 4.29. The lowest BCUT2D eigenvalue weighted by molar-refractivity contribution is 0.0504. The first-order chi connectivity index (χ1) is 13.0. The van der Waals surface area contributed by atoms with E-state index in [1.54, 1.807) is 16.9 Å². The van der Waals surface area contributed by atoms with Crippen LogP contribution >= 0.6 is 0 Å². The van der Waals surface area contributed by atoms with Gasteiger partial charge < -0.3 is 4.74 Å². The SMILES string of the molecule is Cc1ccc(-c2cc(C(=O)OCCCC#N)c3cnn(C(C)C)c3n2)cc1. The first kappa shape index (κ1) is 18.6. The minimum Gasteiger partial charge on any atom is -0.462 e. The fourth-order valence-electron chi connectivity index (χ4n) is 2.83. The molecule has 0 amide bonds. The molecule has 0 radical (unpaired) electrons. The summed E-state index contributed by atoms with van der Waals surface area (Å²) in [6.07, 6.45) is 2.54. The average molecular weight is 362 g/mol. The van der Waals surface area contributed by atoms with Gasteiger partial charge in [0.2, 0.25) is 0 Å². The molecule has 3 rings (SSSR count). The molecule has 0 bridgehead atoms. The van der Waals surface area contributed by atoms with Gasteiger partial charge in [-0.1, -0.05) is 29.8 Å². The molecule has 2 aromatic heterocycles. The Hall–Kier alpha value is -3.20. The van der Waals surface area contributed by atoms with Crippen molar-refractivity contribution in [2.45, 2.75) is 39.7 Å². The molecule has 27 heavy (non-hydrogen) atoms. The fourth-order valence-corrected chi connectivity index (χ4v) is 2.83. The lowest BCUT2D eigenvalue weighted by atomic mass is 10.1. The van der Waals surface area contributed by atoms with Crippen molar-refractivity contribution in [3.05, 3.63) is 47.7 Å². The summed E-state index contributed by atoms with van der Waals surface area (Å²) in [5, 5.41) is 13.7. The second-order valence-electron chi connectivity index (χ2n) is 6.74. The number of pyridine rings is 1. The number of nitrogens with zero attached hydrogens (tertiary/aromatic N) is 4. The lowest BCUT2D eigenvalue weighted by Gasteiger charge is -2.11. The van der Waals surface area contributed by atoms with E-state index in [1.807, 2.05) is 51.1 Å². The maximum atomic E-state index is 12.7. The van der Waals surface area contributed by atoms with Gasteiger partial charge in [-0.15, -0.1) is 0 Å². The van der Waals surface area contributed by atoms with Crippen LogP contribution in [0.3, 0.4) is 0 Å². The fraction of sp³-hybridized carbons (Fsp3) is 0.333. The molecule has 0 fully saturated rings. The van der Waals surface area contributed by atoms with Gasteiger partial charge in [0.15, 0.2) is 5.65 Å². The number of unbranched alkanes of at least 4 members (excludes halogenated alkanes) is 1. The van der Waals surface area contributed by atoms with E-state index in [0.717, 1.165) is 11.1 Å². The Bertz CT molecular complexity index is 997. The summed E-state index contributed by atoms with van der Waals surface area (Å²) in [5.41, 5.74) is 3.89. The molecule has 6 heteroatoms. The van der Waals surface area contributed by atoms with Crippen molar-refractivity contribution in [3.8, 4) is 17.3 Å². The van der Waals surface area contributed by atoms with Crippen LogP contribution < -0.4 is 0 Å². The molecular formula is C21H22N4O2. The van der Waals surface area contributed by atoms with E-state index in [-0.39, 0.29) is 12.6 Å². The van der Waals surface area contributed by atoms with Crippen LogP contribution in [0.4, 0.5) is 0 Å². The van der Waals surface area contributed by atoms with Crippen molar-refractivity contribution in [3.63, 3.8) is 0 Å². The van der Waals surface area contributed by atoms with E-state index in [0.29, 0.717) is 35.1 Å². The minimum absolute atomic E-state index is 0.114. The highest BCUT2D eigenvalue weighted by molar-refractivity contribution is 6.03. The van der Waals surface area contributed by atoms with Crippen LogP contribution in [-0.4, -0.2) is 27.3 Å². The van der Waals surface area contributed by atoms with Gasteiger partial charge in [0.05, 0.1) is 35.5 Å². The average Bonchev–Trinajstić information content (AvgIpc) is 3.09. The number of aryl methyl sites for hydroxylation is 1. The maximum absolute atomic E-state index is 12.7. The topological polar surface area (TPSA) is 80.8 Å². The molecule has 6 nitrogen and oxygen atoms in total. The number of hydrogen-bond acceptors (Lipinski definition) is 5. The number of aromatic nitrogens is 3. The van der Waals surface area contributed by atoms with Gasteiger partial charge in [-0.05, 0) is 33.3 Å². The number of carbonyl (C=O) groups excluding carboxylic acids is 1. The molecule has 0 saturated heterocycles. The van der Waals surface area contributed by atoms with Gasteiger partial charge in [-0.3, -0.25) is 0 Å². The zero-order valence-electron chi connectivity index (χ0n) is 15.8. The number of hydrogen-bond donors (Lipinski definition) is 0. The molecule has 2 heterocycles. The number of benzene rings is 1. The van der Waals surface area contributed by atoms with E-state index in [4.69, 9.17) is 15.0 Å². The summed E-state index contributed by atoms with van der Waals surface area (Å²) in [6.45, 7) is 6.28. The molecule has 0 spiro atoms. The summed E-state index contributed by atoms with van der Waals surface area (Å²) in [6, 6.07) is 11.9. The molecule has 0 aliphatic heterocycles. The van der Waals surface area contributed by atoms with Crippen molar-refractivity contribution in [2.24, 2.45) is 0 Å². The zero-order chi connectivity index (χ0) is 19.4. The third kappa shape index (κ3) is 3.98. The highest BCUT2D eigenvalue weighted by Crippen LogP contribution is 2.27. The van der Waals surface area contributed by atoms with Crippen molar-refractivity contribution >= 4 is 17.0 Å². The third-order valence-corrected chi connectivity index (χ3v) is 4.29. The highest BCUT2D eigenvalue weighted by atomic mass is 16.5. The van der Waals surface area contributed by atoms with Crippen LogP contribution in [-0.2, 0) is 4.74 Å². The van der Waals surface area contributed by atoms with E-state index in [9.17, 15) is 4.79 Å². The van der Waals surface area contributed by atoms with E-state index >= 15 is 0 Å². The Morgan fingerprint density at radius 1 is 1.30 bits per heavy atom. The van der Waals surface area contributed by atoms with Gasteiger partial charge in [-0.25, -0.2) is 14.5 Å². The van der Waals surface area contributed by atoms with Gasteiger partial charge in [-0.2, -0.15) is 10.4 Å². The molecular weight excluding hydrogens is 340 g/mol. The largest absolute Gasteiger partial charge is 0.462 e. The summed E-state index contributed by atoms with van der Waals surface area (Å²) >= 11 is 0. The van der Waals surface area contributed by atoms with Crippen LogP contribution in [0.15, 0.2) is 36.5 Å². The van der Waals surface area contributed by atoms with Gasteiger partial charge in [0, 0.05) is 18.0 Å². The van der Waals surface area contributed by atoms with Gasteiger partial charge in [0.1, 0.15) is 0 Å². The molecule has 0 unspecified atom stereocenters. The second-order valence-corrected chi connectivity index (χ2v) is 6.74. The molecule has 0 N–H and O–H groups in total. The predicted molar refractivity (Wildman–Crippen MR) is 103 cm³/mol. The number of carbonyl (C=O) groups is 1. The number of esters is 1. The molecule has 0 aliphatic carbocycles. The summed E-state index contributed by atoms with van der Waals surface area (Å²) in [4.78, 5) is 17.4. The summed E-state index contributed by atoms with van der Waals surface area (Å²) < 4.78 is 7.17. The van der Waals surface area contributed by atoms with Crippen LogP contribution in [0.2, 0.25) is 0 Å². The normalized spacial score (nSPS) is 10.9. The van der Waals surface area contributed by atoms with Crippen molar-refractivity contribution < 1.29 is 9.53 Å². The van der Waals surface area contributed by atoms with E-state index in [2.05, 4.69) is 5.10 Å². The Morgan fingerprint density at radius 3 is 2.70 bits per heavy atom. The first-order valence-electron chi connectivity index (χ1n) is 9.00. The van der Waals surface area contributed by atoms with Gasteiger partial charge in [0.25, 0.3) is 0 Å². The number of nitriles is 1. The molecule has 0 atom stereocenters. The first-order valence-corrected chi connectivity index (χ1v) is 9.00. The molecule has 138 valence electrons. The minimum atomic E-state index is -0.419. The lowest BCUT2D eigenvalue weighted by Crippen LogP contribution is -2.09. The Labute approximate surface area is 158 Å². The zero-order valence-corrected chi connectivity index (χ0v) is 15.8. The van der Waals surface area contributed by atoms with E-state index < -0.39 is 5.97 Å². The highest BCUT2D eigenvalue weighted by Gasteiger charge is 2.19.